The van der Waals surface area contributed by atoms with Crippen LogP contribution in [-0.2, 0) is 118 Å². The van der Waals surface area contributed by atoms with E-state index < -0.39 is 91.3 Å². The lowest BCUT2D eigenvalue weighted by Gasteiger charge is -2.48. The fourth-order valence-corrected chi connectivity index (χ4v) is 16.0. The topological polar surface area (TPSA) is 237 Å². The summed E-state index contributed by atoms with van der Waals surface area (Å²) in [5, 5.41) is 13.2. The molecule has 1 aliphatic rings. The van der Waals surface area contributed by atoms with Crippen molar-refractivity contribution >= 4 is 35.4 Å². The molecule has 0 aliphatic heterocycles. The van der Waals surface area contributed by atoms with Crippen LogP contribution in [-0.4, -0.2) is 77.9 Å². The average Bonchev–Trinajstić information content (AvgIpc) is 0.751. The van der Waals surface area contributed by atoms with Crippen LogP contribution < -0.4 is 0 Å². The van der Waals surface area contributed by atoms with Crippen molar-refractivity contribution in [2.24, 2.45) is 0 Å². The van der Waals surface area contributed by atoms with Crippen LogP contribution in [0.15, 0.2) is 182 Å². The van der Waals surface area contributed by atoms with E-state index in [9.17, 15) is 19.6 Å². The highest BCUT2D eigenvalue weighted by Gasteiger charge is 2.60. The highest BCUT2D eigenvalue weighted by Crippen LogP contribution is 2.59. The minimum absolute atomic E-state index is 0.0354. The van der Waals surface area contributed by atoms with Gasteiger partial charge < -0.3 is 28.9 Å². The largest absolute Gasteiger partial charge is 0.475 e. The number of rotatable bonds is 58. The van der Waals surface area contributed by atoms with E-state index in [1.54, 1.807) is 170 Å². The maximum Gasteiger partial charge on any atom is 0.475 e. The third-order valence-corrected chi connectivity index (χ3v) is 22.1. The van der Waals surface area contributed by atoms with Gasteiger partial charge in [-0.1, -0.05) is 350 Å². The normalized spacial score (nSPS) is 17.8. The molecule has 0 aromatic heterocycles. The fourth-order valence-electron chi connectivity index (χ4n) is 12.4. The molecule has 0 radical (unpaired) electrons. The predicted octanol–water partition coefficient (Wildman–Crippen LogP) is 21.3. The number of aliphatic hydroxyl groups is 1. The van der Waals surface area contributed by atoms with Gasteiger partial charge in [0.05, 0.1) is 46.2 Å². The van der Waals surface area contributed by atoms with Gasteiger partial charge >= 0.3 is 35.4 Å². The van der Waals surface area contributed by atoms with Crippen molar-refractivity contribution in [3.05, 3.63) is 215 Å². The van der Waals surface area contributed by atoms with E-state index in [-0.39, 0.29) is 52.5 Å². The van der Waals surface area contributed by atoms with Crippen molar-refractivity contribution in [1.29, 1.82) is 0 Å². The molecule has 19 nitrogen and oxygen atoms in total. The van der Waals surface area contributed by atoms with Crippen LogP contribution in [0.3, 0.4) is 0 Å². The molecule has 1 saturated carbocycles. The van der Waals surface area contributed by atoms with Crippen molar-refractivity contribution < 1.29 is 88.4 Å². The Labute approximate surface area is 625 Å². The summed E-state index contributed by atoms with van der Waals surface area (Å²) in [5.41, 5.74) is 3.45. The second-order valence-corrected chi connectivity index (χ2v) is 31.8. The zero-order valence-electron chi connectivity index (χ0n) is 62.0. The quantitative estimate of drug-likeness (QED) is 0.0205. The minimum atomic E-state index is -5.57. The van der Waals surface area contributed by atoms with Gasteiger partial charge in [-0.3, -0.25) is 45.8 Å². The zero-order chi connectivity index (χ0) is 74.3. The number of hydrogen-bond donors (Lipinski definition) is 2. The molecule has 7 unspecified atom stereocenters. The van der Waals surface area contributed by atoms with Gasteiger partial charge in [0.15, 0.2) is 6.10 Å². The number of phosphoric ester groups is 3. The summed E-state index contributed by atoms with van der Waals surface area (Å²) in [7, 11) is -15.6. The van der Waals surface area contributed by atoms with Crippen molar-refractivity contribution in [2.45, 2.75) is 276 Å². The first-order valence-electron chi connectivity index (χ1n) is 38.5. The van der Waals surface area contributed by atoms with Gasteiger partial charge in [-0.15, -0.1) is 0 Å². The molecule has 0 amide bonds. The summed E-state index contributed by atoms with van der Waals surface area (Å²) < 4.78 is 122. The molecule has 0 saturated heterocycles. The number of aliphatic hydroxyl groups excluding tert-OH is 1. The molecule has 0 spiro atoms. The molecular weight excluding hydrogens is 1390 g/mol. The van der Waals surface area contributed by atoms with E-state index >= 15 is 13.7 Å². The summed E-state index contributed by atoms with van der Waals surface area (Å²) in [4.78, 5) is 39.4. The number of hydrogen-bond acceptors (Lipinski definition) is 18. The third kappa shape index (κ3) is 35.6. The number of ether oxygens (including phenoxy) is 4. The molecular formula is C83H117O19P3. The maximum absolute atomic E-state index is 16.0. The maximum atomic E-state index is 16.0. The Morgan fingerprint density at radius 2 is 0.619 bits per heavy atom. The van der Waals surface area contributed by atoms with Crippen LogP contribution in [0.1, 0.15) is 227 Å². The summed E-state index contributed by atoms with van der Waals surface area (Å²) in [6.45, 7) is 1.22. The average molecular weight is 1510 g/mol. The number of carbonyl (C=O) groups excluding carboxylic acids is 2. The zero-order valence-corrected chi connectivity index (χ0v) is 64.7. The number of benzene rings is 6. The molecule has 1 aliphatic carbocycles. The first-order chi connectivity index (χ1) is 51.2. The Morgan fingerprint density at radius 1 is 0.333 bits per heavy atom. The van der Waals surface area contributed by atoms with Crippen LogP contribution in [0.5, 0.6) is 0 Å². The van der Waals surface area contributed by atoms with Crippen LogP contribution in [0, 0.1) is 0 Å². The van der Waals surface area contributed by atoms with E-state index in [1.807, 2.05) is 12.1 Å². The standard InChI is InChI=1S/C83H117O19P3/c1-3-5-7-9-11-13-15-17-19-21-23-25-45-59-76(84)91-67-75(99-77(85)60-46-26-24-22-20-18-16-14-12-10-8-6-4-2)68-94-103(87,88)100-80-78(86)79(92-61-69-47-33-27-34-48-69)82(101-104(89,95-63-71-51-37-29-38-52-71)96-64-72-53-39-30-40-54-72)83(81(80)93-62-70-49-35-28-36-50-70)102-105(90,97-65-73-55-41-31-42-56-73)98-66-74-57-43-32-44-58-74/h27-44,47-58,75,78-83,86H,3-26,45-46,59-68H2,1-2H3,(H,87,88)/t75-,78?,79?,80?,81?,82?,83?/m0/s1. The van der Waals surface area contributed by atoms with E-state index in [0.29, 0.717) is 46.2 Å². The third-order valence-electron chi connectivity index (χ3n) is 18.3. The predicted molar refractivity (Wildman–Crippen MR) is 408 cm³/mol. The summed E-state index contributed by atoms with van der Waals surface area (Å²) in [5.74, 6) is -1.16. The molecule has 8 atom stereocenters. The Hall–Kier alpha value is -5.53. The molecule has 6 aromatic carbocycles. The molecule has 1 fully saturated rings. The SMILES string of the molecule is CCCCCCCCCCCCCCCC(=O)OC[C@@H](COP(=O)(O)OC1C(O)C(OCc2ccccc2)C(OP(=O)(OCc2ccccc2)OCc2ccccc2)C(OP(=O)(OCc2ccccc2)OCc2ccccc2)C1OCc1ccccc1)OC(=O)CCCCCCCCCCCCCCC. The number of carbonyl (C=O) groups is 2. The molecule has 7 rings (SSSR count). The lowest BCUT2D eigenvalue weighted by Crippen LogP contribution is -2.66. The van der Waals surface area contributed by atoms with Crippen LogP contribution in [0.4, 0.5) is 0 Å². The summed E-state index contributed by atoms with van der Waals surface area (Å²) >= 11 is 0. The van der Waals surface area contributed by atoms with Crippen LogP contribution in [0.2, 0.25) is 0 Å². The van der Waals surface area contributed by atoms with E-state index in [1.165, 1.54) is 103 Å². The van der Waals surface area contributed by atoms with Gasteiger partial charge in [0.2, 0.25) is 0 Å². The Balaban J connectivity index is 1.19. The Kier molecular flexibility index (Phi) is 42.1. The molecule has 22 heteroatoms. The second-order valence-electron chi connectivity index (χ2n) is 27.2. The van der Waals surface area contributed by atoms with Gasteiger partial charge in [0, 0.05) is 12.8 Å². The van der Waals surface area contributed by atoms with Crippen molar-refractivity contribution in [1.82, 2.24) is 0 Å². The lowest BCUT2D eigenvalue weighted by molar-refractivity contribution is -0.242. The van der Waals surface area contributed by atoms with Gasteiger partial charge in [0.1, 0.15) is 43.2 Å². The minimum Gasteiger partial charge on any atom is -0.462 e. The summed E-state index contributed by atoms with van der Waals surface area (Å²) in [6.07, 6.45) is 16.1. The fraction of sp³-hybridized carbons (Fsp3) is 0.542. The van der Waals surface area contributed by atoms with Crippen LogP contribution >= 0.6 is 23.5 Å². The number of unbranched alkanes of at least 4 members (excludes halogenated alkanes) is 24. The van der Waals surface area contributed by atoms with E-state index in [2.05, 4.69) is 13.8 Å². The molecule has 0 heterocycles. The van der Waals surface area contributed by atoms with Crippen molar-refractivity contribution in [3.8, 4) is 0 Å². The highest BCUT2D eigenvalue weighted by atomic mass is 31.2. The van der Waals surface area contributed by atoms with Gasteiger partial charge in [0.25, 0.3) is 0 Å². The lowest BCUT2D eigenvalue weighted by atomic mass is 9.84. The monoisotopic (exact) mass is 1510 g/mol. The molecule has 0 bridgehead atoms. The molecule has 2 N–H and O–H groups in total. The van der Waals surface area contributed by atoms with Crippen LogP contribution in [0.25, 0.3) is 0 Å². The first kappa shape index (κ1) is 86.7. The highest BCUT2D eigenvalue weighted by molar-refractivity contribution is 7.49. The van der Waals surface area contributed by atoms with Gasteiger partial charge in [-0.25, -0.2) is 13.7 Å². The number of phosphoric acid groups is 3. The molecule has 6 aromatic rings. The first-order valence-corrected chi connectivity index (χ1v) is 42.9. The van der Waals surface area contributed by atoms with Gasteiger partial charge in [-0.05, 0) is 46.2 Å². The number of esters is 2. The summed E-state index contributed by atoms with van der Waals surface area (Å²) in [6, 6.07) is 53.0. The van der Waals surface area contributed by atoms with Crippen molar-refractivity contribution in [3.63, 3.8) is 0 Å². The second kappa shape index (κ2) is 51.0. The Morgan fingerprint density at radius 3 is 0.952 bits per heavy atom. The molecule has 578 valence electrons. The van der Waals surface area contributed by atoms with Gasteiger partial charge in [-0.2, -0.15) is 0 Å². The molecule has 105 heavy (non-hydrogen) atoms. The Bertz CT molecular complexity index is 3290. The van der Waals surface area contributed by atoms with Crippen molar-refractivity contribution in [2.75, 3.05) is 13.2 Å². The van der Waals surface area contributed by atoms with E-state index in [0.717, 1.165) is 51.4 Å². The smallest absolute Gasteiger partial charge is 0.462 e. The van der Waals surface area contributed by atoms with E-state index in [4.69, 9.17) is 55.1 Å².